The number of carbonyl (C=O) groups excluding carboxylic acids is 1. The molecule has 110 valence electrons. The average Bonchev–Trinajstić information content (AvgIpc) is 2.45. The molecule has 4 heteroatoms. The predicted molar refractivity (Wildman–Crippen MR) is 77.7 cm³/mol. The first kappa shape index (κ1) is 14.9. The zero-order chi connectivity index (χ0) is 14.5. The van der Waals surface area contributed by atoms with Gasteiger partial charge < -0.3 is 14.7 Å². The molecule has 0 aliphatic carbocycles. The van der Waals surface area contributed by atoms with Crippen LogP contribution in [0.4, 0.5) is 0 Å². The van der Waals surface area contributed by atoms with Crippen LogP contribution in [-0.4, -0.2) is 35.6 Å². The molecule has 2 rings (SSSR count). The summed E-state index contributed by atoms with van der Waals surface area (Å²) in [5, 5.41) is 9.73. The van der Waals surface area contributed by atoms with Crippen LogP contribution in [0.2, 0.25) is 0 Å². The maximum Gasteiger partial charge on any atom is 0.260 e. The van der Waals surface area contributed by atoms with Crippen molar-refractivity contribution in [1.29, 1.82) is 0 Å². The topological polar surface area (TPSA) is 49.8 Å². The number of aliphatic hydroxyl groups is 1. The first-order chi connectivity index (χ1) is 9.58. The first-order valence-electron chi connectivity index (χ1n) is 7.27. The molecule has 0 aromatic heterocycles. The number of piperidine rings is 1. The molecule has 0 unspecified atom stereocenters. The lowest BCUT2D eigenvalue weighted by atomic mass is 10.1. The zero-order valence-corrected chi connectivity index (χ0v) is 12.3. The Bertz CT molecular complexity index is 465. The predicted octanol–water partition coefficient (Wildman–Crippen LogP) is 2.44. The van der Waals surface area contributed by atoms with Gasteiger partial charge in [0.05, 0.1) is 6.10 Å². The number of likely N-dealkylation sites (tertiary alicyclic amines) is 1. The first-order valence-corrected chi connectivity index (χ1v) is 7.27. The summed E-state index contributed by atoms with van der Waals surface area (Å²) in [5.74, 6) is 0.633. The van der Waals surface area contributed by atoms with Crippen molar-refractivity contribution < 1.29 is 14.6 Å². The van der Waals surface area contributed by atoms with Gasteiger partial charge in [0.25, 0.3) is 5.91 Å². The van der Waals surface area contributed by atoms with E-state index in [-0.39, 0.29) is 12.5 Å². The summed E-state index contributed by atoms with van der Waals surface area (Å²) in [4.78, 5) is 13.9. The fourth-order valence-corrected chi connectivity index (χ4v) is 2.49. The second kappa shape index (κ2) is 6.75. The summed E-state index contributed by atoms with van der Waals surface area (Å²) in [6, 6.07) is 5.65. The molecule has 1 atom stereocenters. The Kier molecular flexibility index (Phi) is 5.01. The molecule has 1 aliphatic rings. The summed E-state index contributed by atoms with van der Waals surface area (Å²) < 4.78 is 5.64. The number of aliphatic hydroxyl groups excluding tert-OH is 1. The molecule has 0 spiro atoms. The number of nitrogens with zero attached hydrogens (tertiary/aromatic N) is 1. The van der Waals surface area contributed by atoms with E-state index in [2.05, 4.69) is 0 Å². The molecular formula is C16H23NO3. The van der Waals surface area contributed by atoms with E-state index in [1.807, 2.05) is 30.0 Å². The molecule has 1 saturated heterocycles. The van der Waals surface area contributed by atoms with E-state index < -0.39 is 6.10 Å². The van der Waals surface area contributed by atoms with Gasteiger partial charge in [0.2, 0.25) is 0 Å². The number of ether oxygens (including phenoxy) is 1. The third-order valence-corrected chi connectivity index (χ3v) is 3.68. The molecule has 1 aliphatic heterocycles. The van der Waals surface area contributed by atoms with E-state index in [1.54, 1.807) is 6.92 Å². The summed E-state index contributed by atoms with van der Waals surface area (Å²) in [6.07, 6.45) is 2.76. The van der Waals surface area contributed by atoms with Crippen LogP contribution < -0.4 is 4.74 Å². The van der Waals surface area contributed by atoms with E-state index in [9.17, 15) is 9.90 Å². The van der Waals surface area contributed by atoms with Gasteiger partial charge in [-0.3, -0.25) is 4.79 Å². The zero-order valence-electron chi connectivity index (χ0n) is 12.3. The molecule has 1 fully saturated rings. The van der Waals surface area contributed by atoms with Gasteiger partial charge in [-0.25, -0.2) is 0 Å². The van der Waals surface area contributed by atoms with Gasteiger partial charge in [0.1, 0.15) is 5.75 Å². The average molecular weight is 277 g/mol. The molecule has 1 aromatic carbocycles. The summed E-state index contributed by atoms with van der Waals surface area (Å²) >= 11 is 0. The van der Waals surface area contributed by atoms with Crippen LogP contribution in [0.3, 0.4) is 0 Å². The Balaban J connectivity index is 1.99. The second-order valence-corrected chi connectivity index (χ2v) is 5.45. The van der Waals surface area contributed by atoms with Crippen LogP contribution in [0.5, 0.6) is 5.75 Å². The number of carbonyl (C=O) groups is 1. The van der Waals surface area contributed by atoms with Gasteiger partial charge in [0.15, 0.2) is 6.61 Å². The highest BCUT2D eigenvalue weighted by molar-refractivity contribution is 5.77. The van der Waals surface area contributed by atoms with Gasteiger partial charge >= 0.3 is 0 Å². The minimum atomic E-state index is -0.601. The molecule has 0 bridgehead atoms. The largest absolute Gasteiger partial charge is 0.483 e. The fraction of sp³-hybridized carbons (Fsp3) is 0.562. The van der Waals surface area contributed by atoms with Crippen LogP contribution in [0.1, 0.15) is 43.4 Å². The molecule has 0 radical (unpaired) electrons. The SMILES string of the molecule is Cc1ccc([C@@H](C)O)c(OCC(=O)N2CCCCC2)c1. The normalized spacial score (nSPS) is 16.9. The van der Waals surface area contributed by atoms with Crippen LogP contribution in [0.25, 0.3) is 0 Å². The van der Waals surface area contributed by atoms with Gasteiger partial charge in [-0.1, -0.05) is 12.1 Å². The van der Waals surface area contributed by atoms with Crippen LogP contribution in [0.15, 0.2) is 18.2 Å². The number of aryl methyl sites for hydroxylation is 1. The lowest BCUT2D eigenvalue weighted by Gasteiger charge is -2.26. The van der Waals surface area contributed by atoms with Crippen molar-refractivity contribution in [1.82, 2.24) is 4.90 Å². The number of hydrogen-bond acceptors (Lipinski definition) is 3. The van der Waals surface area contributed by atoms with Crippen molar-refractivity contribution in [3.05, 3.63) is 29.3 Å². The number of hydrogen-bond donors (Lipinski definition) is 1. The quantitative estimate of drug-likeness (QED) is 0.919. The Hall–Kier alpha value is -1.55. The highest BCUT2D eigenvalue weighted by Crippen LogP contribution is 2.26. The summed E-state index contributed by atoms with van der Waals surface area (Å²) in [7, 11) is 0. The van der Waals surface area contributed by atoms with Gasteiger partial charge in [-0.05, 0) is 44.7 Å². The Morgan fingerprint density at radius 1 is 1.35 bits per heavy atom. The molecule has 1 amide bonds. The highest BCUT2D eigenvalue weighted by Gasteiger charge is 2.18. The molecule has 1 N–H and O–H groups in total. The lowest BCUT2D eigenvalue weighted by Crippen LogP contribution is -2.38. The minimum Gasteiger partial charge on any atom is -0.483 e. The minimum absolute atomic E-state index is 0.0303. The van der Waals surface area contributed by atoms with E-state index in [1.165, 1.54) is 6.42 Å². The lowest BCUT2D eigenvalue weighted by molar-refractivity contribution is -0.134. The Morgan fingerprint density at radius 2 is 2.05 bits per heavy atom. The number of amides is 1. The molecule has 1 aromatic rings. The highest BCUT2D eigenvalue weighted by atomic mass is 16.5. The van der Waals surface area contributed by atoms with Crippen LogP contribution in [0, 0.1) is 6.92 Å². The van der Waals surface area contributed by atoms with Crippen molar-refractivity contribution in [3.63, 3.8) is 0 Å². The number of benzene rings is 1. The Morgan fingerprint density at radius 3 is 2.70 bits per heavy atom. The van der Waals surface area contributed by atoms with E-state index in [0.29, 0.717) is 5.75 Å². The van der Waals surface area contributed by atoms with Gasteiger partial charge in [0, 0.05) is 18.7 Å². The summed E-state index contributed by atoms with van der Waals surface area (Å²) in [6.45, 7) is 5.37. The second-order valence-electron chi connectivity index (χ2n) is 5.45. The van der Waals surface area contributed by atoms with Crippen LogP contribution >= 0.6 is 0 Å². The van der Waals surface area contributed by atoms with Crippen molar-refractivity contribution in [2.45, 2.75) is 39.2 Å². The molecule has 20 heavy (non-hydrogen) atoms. The monoisotopic (exact) mass is 277 g/mol. The van der Waals surface area contributed by atoms with E-state index >= 15 is 0 Å². The standard InChI is InChI=1S/C16H23NO3/c1-12-6-7-14(13(2)18)15(10-12)20-11-16(19)17-8-4-3-5-9-17/h6-7,10,13,18H,3-5,8-9,11H2,1-2H3/t13-/m1/s1. The maximum atomic E-state index is 12.1. The molecule has 1 heterocycles. The molecule has 0 saturated carbocycles. The van der Waals surface area contributed by atoms with E-state index in [0.717, 1.165) is 37.1 Å². The fourth-order valence-electron chi connectivity index (χ4n) is 2.49. The van der Waals surface area contributed by atoms with Gasteiger partial charge in [-0.15, -0.1) is 0 Å². The van der Waals surface area contributed by atoms with Crippen molar-refractivity contribution in [2.24, 2.45) is 0 Å². The smallest absolute Gasteiger partial charge is 0.260 e. The molecular weight excluding hydrogens is 254 g/mol. The third-order valence-electron chi connectivity index (χ3n) is 3.68. The number of rotatable bonds is 4. The van der Waals surface area contributed by atoms with Crippen molar-refractivity contribution in [3.8, 4) is 5.75 Å². The van der Waals surface area contributed by atoms with Crippen molar-refractivity contribution in [2.75, 3.05) is 19.7 Å². The van der Waals surface area contributed by atoms with Gasteiger partial charge in [-0.2, -0.15) is 0 Å². The summed E-state index contributed by atoms with van der Waals surface area (Å²) in [5.41, 5.74) is 1.77. The van der Waals surface area contributed by atoms with Crippen molar-refractivity contribution >= 4 is 5.91 Å². The van der Waals surface area contributed by atoms with E-state index in [4.69, 9.17) is 4.74 Å². The third kappa shape index (κ3) is 3.73. The van der Waals surface area contributed by atoms with Crippen LogP contribution in [-0.2, 0) is 4.79 Å². The Labute approximate surface area is 120 Å². The maximum absolute atomic E-state index is 12.1. The molecule has 4 nitrogen and oxygen atoms in total.